The number of carboxylic acid groups (broad SMARTS) is 1. The Morgan fingerprint density at radius 1 is 1.44 bits per heavy atom. The molecule has 0 atom stereocenters. The van der Waals surface area contributed by atoms with Gasteiger partial charge >= 0.3 is 5.97 Å². The number of rotatable bonds is 7. The molecule has 2 N–H and O–H groups in total. The van der Waals surface area contributed by atoms with Crippen LogP contribution in [0, 0.1) is 11.3 Å². The highest BCUT2D eigenvalue weighted by Crippen LogP contribution is 2.45. The molecule has 0 aromatic heterocycles. The smallest absolute Gasteiger partial charge is 0.310 e. The fourth-order valence-corrected chi connectivity index (χ4v) is 2.75. The van der Waals surface area contributed by atoms with Gasteiger partial charge in [-0.15, -0.1) is 0 Å². The monoisotopic (exact) mass is 249 g/mol. The second-order valence-electron chi connectivity index (χ2n) is 4.91. The lowest BCUT2D eigenvalue weighted by Crippen LogP contribution is -2.35. The van der Waals surface area contributed by atoms with E-state index >= 15 is 0 Å². The van der Waals surface area contributed by atoms with Crippen LogP contribution in [-0.4, -0.2) is 31.8 Å². The average molecular weight is 249 g/mol. The third kappa shape index (κ3) is 3.75. The SMILES string of the molecule is CC(C)CCS(=O)(=O)NCC1(C(=O)O)CC1. The molecule has 94 valence electrons. The minimum absolute atomic E-state index is 0.0305. The summed E-state index contributed by atoms with van der Waals surface area (Å²) in [6.07, 6.45) is 1.72. The molecule has 0 amide bonds. The van der Waals surface area contributed by atoms with Crippen molar-refractivity contribution in [2.45, 2.75) is 33.1 Å². The van der Waals surface area contributed by atoms with Gasteiger partial charge in [0, 0.05) is 6.54 Å². The van der Waals surface area contributed by atoms with Crippen molar-refractivity contribution in [3.63, 3.8) is 0 Å². The molecule has 0 aromatic rings. The first-order chi connectivity index (χ1) is 7.27. The molecule has 1 rings (SSSR count). The number of sulfonamides is 1. The molecule has 0 heterocycles. The lowest BCUT2D eigenvalue weighted by Gasteiger charge is -2.12. The fraction of sp³-hybridized carbons (Fsp3) is 0.900. The Bertz CT molecular complexity index is 357. The largest absolute Gasteiger partial charge is 0.481 e. The third-order valence-corrected chi connectivity index (χ3v) is 4.26. The molecule has 0 radical (unpaired) electrons. The van der Waals surface area contributed by atoms with E-state index in [1.54, 1.807) is 0 Å². The zero-order valence-electron chi connectivity index (χ0n) is 9.69. The van der Waals surface area contributed by atoms with Gasteiger partial charge in [0.2, 0.25) is 10.0 Å². The Morgan fingerprint density at radius 2 is 2.00 bits per heavy atom. The number of hydrogen-bond donors (Lipinski definition) is 2. The van der Waals surface area contributed by atoms with Gasteiger partial charge in [0.15, 0.2) is 0 Å². The van der Waals surface area contributed by atoms with Gasteiger partial charge < -0.3 is 5.11 Å². The minimum atomic E-state index is -3.32. The number of carbonyl (C=O) groups is 1. The maximum Gasteiger partial charge on any atom is 0.310 e. The van der Waals surface area contributed by atoms with E-state index in [1.807, 2.05) is 13.8 Å². The zero-order chi connectivity index (χ0) is 12.4. The first-order valence-corrected chi connectivity index (χ1v) is 7.13. The van der Waals surface area contributed by atoms with Crippen LogP contribution in [0.2, 0.25) is 0 Å². The normalized spacial score (nSPS) is 18.7. The first-order valence-electron chi connectivity index (χ1n) is 5.48. The summed E-state index contributed by atoms with van der Waals surface area (Å²) in [4.78, 5) is 10.8. The Kier molecular flexibility index (Phi) is 3.96. The molecular formula is C10H19NO4S. The summed E-state index contributed by atoms with van der Waals surface area (Å²) in [5, 5.41) is 8.88. The molecule has 0 unspecified atom stereocenters. The highest BCUT2D eigenvalue weighted by Gasteiger charge is 2.50. The summed E-state index contributed by atoms with van der Waals surface area (Å²) in [5.41, 5.74) is -0.828. The maximum absolute atomic E-state index is 11.5. The number of hydrogen-bond acceptors (Lipinski definition) is 3. The Hall–Kier alpha value is -0.620. The maximum atomic E-state index is 11.5. The van der Waals surface area contributed by atoms with E-state index < -0.39 is 21.4 Å². The fourth-order valence-electron chi connectivity index (χ4n) is 1.33. The van der Waals surface area contributed by atoms with Crippen LogP contribution >= 0.6 is 0 Å². The molecule has 0 saturated heterocycles. The lowest BCUT2D eigenvalue weighted by atomic mass is 10.1. The van der Waals surface area contributed by atoms with Crippen LogP contribution in [0.5, 0.6) is 0 Å². The highest BCUT2D eigenvalue weighted by molar-refractivity contribution is 7.89. The molecule has 5 nitrogen and oxygen atoms in total. The van der Waals surface area contributed by atoms with Crippen molar-refractivity contribution >= 4 is 16.0 Å². The standard InChI is InChI=1S/C10H19NO4S/c1-8(2)3-6-16(14,15)11-7-10(4-5-10)9(12)13/h8,11H,3-7H2,1-2H3,(H,12,13). The summed E-state index contributed by atoms with van der Waals surface area (Å²) in [7, 11) is -3.32. The Labute approximate surface area is 96.3 Å². The van der Waals surface area contributed by atoms with Gasteiger partial charge in [-0.25, -0.2) is 13.1 Å². The van der Waals surface area contributed by atoms with Crippen molar-refractivity contribution in [1.29, 1.82) is 0 Å². The van der Waals surface area contributed by atoms with Crippen LogP contribution in [0.4, 0.5) is 0 Å². The van der Waals surface area contributed by atoms with Crippen molar-refractivity contribution < 1.29 is 18.3 Å². The third-order valence-electron chi connectivity index (χ3n) is 2.90. The van der Waals surface area contributed by atoms with Gasteiger partial charge in [-0.1, -0.05) is 13.8 Å². The van der Waals surface area contributed by atoms with E-state index in [-0.39, 0.29) is 12.3 Å². The van der Waals surface area contributed by atoms with Crippen LogP contribution in [0.1, 0.15) is 33.1 Å². The van der Waals surface area contributed by atoms with Gasteiger partial charge in [-0.3, -0.25) is 4.79 Å². The van der Waals surface area contributed by atoms with Crippen LogP contribution in [0.25, 0.3) is 0 Å². The quantitative estimate of drug-likeness (QED) is 0.699. The van der Waals surface area contributed by atoms with Crippen LogP contribution in [0.3, 0.4) is 0 Å². The Morgan fingerprint density at radius 3 is 2.38 bits per heavy atom. The molecular weight excluding hydrogens is 230 g/mol. The number of nitrogens with one attached hydrogen (secondary N) is 1. The van der Waals surface area contributed by atoms with Gasteiger partial charge in [0.05, 0.1) is 11.2 Å². The predicted molar refractivity (Wildman–Crippen MR) is 60.5 cm³/mol. The topological polar surface area (TPSA) is 83.5 Å². The zero-order valence-corrected chi connectivity index (χ0v) is 10.5. The summed E-state index contributed by atoms with van der Waals surface area (Å²) < 4.78 is 25.4. The summed E-state index contributed by atoms with van der Waals surface area (Å²) in [5.74, 6) is -0.509. The van der Waals surface area contributed by atoms with E-state index in [2.05, 4.69) is 4.72 Å². The van der Waals surface area contributed by atoms with Crippen LogP contribution in [0.15, 0.2) is 0 Å². The predicted octanol–water partition coefficient (Wildman–Crippen LogP) is 0.817. The van der Waals surface area contributed by atoms with Crippen molar-refractivity contribution in [2.75, 3.05) is 12.3 Å². The van der Waals surface area contributed by atoms with E-state index in [0.29, 0.717) is 25.2 Å². The van der Waals surface area contributed by atoms with Gasteiger partial charge in [0.25, 0.3) is 0 Å². The number of aliphatic carboxylic acids is 1. The van der Waals surface area contributed by atoms with Crippen LogP contribution < -0.4 is 4.72 Å². The van der Waals surface area contributed by atoms with E-state index in [0.717, 1.165) is 0 Å². The van der Waals surface area contributed by atoms with Crippen molar-refractivity contribution in [3.8, 4) is 0 Å². The van der Waals surface area contributed by atoms with Crippen molar-refractivity contribution in [3.05, 3.63) is 0 Å². The average Bonchev–Trinajstić information content (AvgIpc) is 2.93. The molecule has 6 heteroatoms. The lowest BCUT2D eigenvalue weighted by molar-refractivity contribution is -0.143. The van der Waals surface area contributed by atoms with Crippen molar-refractivity contribution in [2.24, 2.45) is 11.3 Å². The van der Waals surface area contributed by atoms with Gasteiger partial charge in [0.1, 0.15) is 0 Å². The minimum Gasteiger partial charge on any atom is -0.481 e. The molecule has 0 aromatic carbocycles. The van der Waals surface area contributed by atoms with Crippen LogP contribution in [-0.2, 0) is 14.8 Å². The first kappa shape index (κ1) is 13.4. The van der Waals surface area contributed by atoms with Crippen molar-refractivity contribution in [1.82, 2.24) is 4.72 Å². The molecule has 0 aliphatic heterocycles. The molecule has 0 spiro atoms. The highest BCUT2D eigenvalue weighted by atomic mass is 32.2. The van der Waals surface area contributed by atoms with E-state index in [9.17, 15) is 13.2 Å². The summed E-state index contributed by atoms with van der Waals surface area (Å²) >= 11 is 0. The molecule has 0 bridgehead atoms. The molecule has 1 aliphatic rings. The molecule has 1 saturated carbocycles. The molecule has 1 aliphatic carbocycles. The summed E-state index contributed by atoms with van der Waals surface area (Å²) in [6, 6.07) is 0. The Balaban J connectivity index is 2.40. The number of carboxylic acids is 1. The van der Waals surface area contributed by atoms with E-state index in [4.69, 9.17) is 5.11 Å². The second-order valence-corrected chi connectivity index (χ2v) is 6.83. The molecule has 16 heavy (non-hydrogen) atoms. The van der Waals surface area contributed by atoms with E-state index in [1.165, 1.54) is 0 Å². The molecule has 1 fully saturated rings. The van der Waals surface area contributed by atoms with Gasteiger partial charge in [-0.05, 0) is 25.2 Å². The van der Waals surface area contributed by atoms with Gasteiger partial charge in [-0.2, -0.15) is 0 Å². The summed E-state index contributed by atoms with van der Waals surface area (Å²) in [6.45, 7) is 3.94. The second kappa shape index (κ2) is 4.71.